The van der Waals surface area contributed by atoms with E-state index in [4.69, 9.17) is 21.1 Å². The maximum absolute atomic E-state index is 13.4. The van der Waals surface area contributed by atoms with Gasteiger partial charge in [-0.25, -0.2) is 9.97 Å². The maximum Gasteiger partial charge on any atom is 0.271 e. The van der Waals surface area contributed by atoms with E-state index in [2.05, 4.69) is 83.3 Å². The fourth-order valence-electron chi connectivity index (χ4n) is 9.68. The van der Waals surface area contributed by atoms with Crippen molar-refractivity contribution in [3.8, 4) is 17.6 Å². The third-order valence-electron chi connectivity index (χ3n) is 12.9. The molecular weight excluding hydrogens is 784 g/mol. The fraction of sp³-hybridized carbons (Fsp3) is 0.533. The summed E-state index contributed by atoms with van der Waals surface area (Å²) in [7, 11) is 0. The molecule has 0 radical (unpaired) electrons. The molecule has 0 spiro atoms. The van der Waals surface area contributed by atoms with E-state index in [-0.39, 0.29) is 48.1 Å². The number of aromatic nitrogens is 2. The lowest BCUT2D eigenvalue weighted by molar-refractivity contribution is -0.164. The molecule has 15 heteroatoms. The molecule has 318 valence electrons. The summed E-state index contributed by atoms with van der Waals surface area (Å²) in [6.45, 7) is 15.5. The molecule has 2 aliphatic carbocycles. The Labute approximate surface area is 356 Å². The van der Waals surface area contributed by atoms with Gasteiger partial charge in [0.2, 0.25) is 11.8 Å². The van der Waals surface area contributed by atoms with E-state index in [0.717, 1.165) is 51.1 Å². The van der Waals surface area contributed by atoms with Crippen LogP contribution in [0.3, 0.4) is 0 Å². The van der Waals surface area contributed by atoms with Crippen molar-refractivity contribution in [1.29, 1.82) is 5.26 Å². The van der Waals surface area contributed by atoms with Gasteiger partial charge in [-0.3, -0.25) is 29.4 Å². The van der Waals surface area contributed by atoms with E-state index in [9.17, 15) is 24.4 Å². The molecule has 3 heterocycles. The molecule has 2 aliphatic heterocycles. The lowest BCUT2D eigenvalue weighted by Gasteiger charge is -2.63. The summed E-state index contributed by atoms with van der Waals surface area (Å²) >= 11 is 6.25. The number of nitriles is 1. The number of nitrogens with zero attached hydrogens (tertiary/aromatic N) is 5. The molecule has 4 aliphatic rings. The number of halogens is 1. The number of nitrogens with one attached hydrogen (secondary N) is 3. The van der Waals surface area contributed by atoms with Gasteiger partial charge >= 0.3 is 0 Å². The third kappa shape index (κ3) is 9.07. The zero-order valence-corrected chi connectivity index (χ0v) is 35.9. The summed E-state index contributed by atoms with van der Waals surface area (Å²) in [5.41, 5.74) is 0.300. The van der Waals surface area contributed by atoms with Crippen molar-refractivity contribution in [2.75, 3.05) is 24.5 Å². The summed E-state index contributed by atoms with van der Waals surface area (Å²) in [5.74, 6) is 1.17. The Bertz CT molecular complexity index is 2110. The molecule has 1 atom stereocenters. The van der Waals surface area contributed by atoms with Crippen molar-refractivity contribution in [2.45, 2.75) is 116 Å². The van der Waals surface area contributed by atoms with Gasteiger partial charge in [-0.2, -0.15) is 5.26 Å². The molecule has 3 aromatic rings. The monoisotopic (exact) mass is 838 g/mol. The standard InChI is InChI=1S/C45H55ClN8O6/c1-26(2)54(30-19-33(20-30)59-31-10-7-28(8-11-31)39(56)50-35-13-14-38(55)51-40(35)57)25-27-15-17-53(18-16-27)37-24-48-36(23-49-37)41(58)52-42-44(3,4)43(45(42,5)6)60-32-12-9-29(22-47)34(46)21-32/h7-12,21,23-24,26-27,30,33,35,42-43H,13-20,25H2,1-6H3,(H,50,56)(H,52,58)(H,51,55,57). The maximum atomic E-state index is 13.4. The van der Waals surface area contributed by atoms with Crippen LogP contribution in [0.2, 0.25) is 5.02 Å². The molecule has 4 fully saturated rings. The highest BCUT2D eigenvalue weighted by Crippen LogP contribution is 2.55. The minimum Gasteiger partial charge on any atom is -0.490 e. The van der Waals surface area contributed by atoms with Crippen LogP contribution in [0, 0.1) is 28.1 Å². The number of rotatable bonds is 13. The summed E-state index contributed by atoms with van der Waals surface area (Å²) < 4.78 is 12.6. The Morgan fingerprint density at radius 3 is 2.23 bits per heavy atom. The number of imide groups is 1. The van der Waals surface area contributed by atoms with Crippen molar-refractivity contribution in [1.82, 2.24) is 30.8 Å². The number of piperidine rings is 2. The van der Waals surface area contributed by atoms with Crippen LogP contribution >= 0.6 is 11.6 Å². The lowest BCUT2D eigenvalue weighted by Crippen LogP contribution is -2.74. The van der Waals surface area contributed by atoms with Gasteiger partial charge in [-0.1, -0.05) is 39.3 Å². The Balaban J connectivity index is 0.842. The van der Waals surface area contributed by atoms with Crippen LogP contribution in [0.25, 0.3) is 0 Å². The highest BCUT2D eigenvalue weighted by molar-refractivity contribution is 6.31. The first-order valence-corrected chi connectivity index (χ1v) is 21.3. The lowest BCUT2D eigenvalue weighted by atomic mass is 9.49. The average molecular weight is 839 g/mol. The second kappa shape index (κ2) is 17.4. The van der Waals surface area contributed by atoms with Gasteiger partial charge in [-0.05, 0) is 75.4 Å². The number of hydrogen-bond donors (Lipinski definition) is 3. The zero-order chi connectivity index (χ0) is 42.9. The fourth-order valence-corrected chi connectivity index (χ4v) is 9.89. The highest BCUT2D eigenvalue weighted by Gasteiger charge is 2.64. The molecule has 60 heavy (non-hydrogen) atoms. The molecule has 7 rings (SSSR count). The Morgan fingerprint density at radius 1 is 0.950 bits per heavy atom. The first-order chi connectivity index (χ1) is 28.5. The van der Waals surface area contributed by atoms with Crippen LogP contribution in [0.4, 0.5) is 5.82 Å². The zero-order valence-electron chi connectivity index (χ0n) is 35.2. The smallest absolute Gasteiger partial charge is 0.271 e. The SMILES string of the molecule is CC(C)N(CC1CCN(c2cnc(C(=O)NC3C(C)(C)C(Oc4ccc(C#N)c(Cl)c4)C3(C)C)cn2)CC1)C1CC(Oc2ccc(C(=O)NC3CCC(=O)NC3=O)cc2)C1. The van der Waals surface area contributed by atoms with Crippen LogP contribution in [-0.2, 0) is 9.59 Å². The molecule has 1 unspecified atom stereocenters. The number of hydrogen-bond acceptors (Lipinski definition) is 11. The van der Waals surface area contributed by atoms with E-state index in [1.165, 1.54) is 0 Å². The van der Waals surface area contributed by atoms with Crippen LogP contribution in [0.15, 0.2) is 54.9 Å². The molecule has 2 saturated carbocycles. The van der Waals surface area contributed by atoms with E-state index >= 15 is 0 Å². The molecule has 14 nitrogen and oxygen atoms in total. The minimum atomic E-state index is -0.719. The molecule has 2 saturated heterocycles. The first-order valence-electron chi connectivity index (χ1n) is 20.9. The van der Waals surface area contributed by atoms with E-state index < -0.39 is 22.8 Å². The van der Waals surface area contributed by atoms with Crippen LogP contribution in [0.1, 0.15) is 106 Å². The Hall–Kier alpha value is -5.26. The molecule has 3 N–H and O–H groups in total. The second-order valence-corrected chi connectivity index (χ2v) is 18.6. The van der Waals surface area contributed by atoms with Crippen molar-refractivity contribution >= 4 is 41.0 Å². The number of amides is 4. The largest absolute Gasteiger partial charge is 0.490 e. The number of benzene rings is 2. The van der Waals surface area contributed by atoms with Crippen molar-refractivity contribution < 1.29 is 28.7 Å². The number of carbonyl (C=O) groups excluding carboxylic acids is 4. The molecule has 4 amide bonds. The summed E-state index contributed by atoms with van der Waals surface area (Å²) in [6.07, 6.45) is 7.58. The van der Waals surface area contributed by atoms with E-state index in [1.807, 2.05) is 0 Å². The highest BCUT2D eigenvalue weighted by atomic mass is 35.5. The van der Waals surface area contributed by atoms with Crippen LogP contribution in [-0.4, -0.2) is 94.5 Å². The van der Waals surface area contributed by atoms with Crippen molar-refractivity contribution in [3.05, 3.63) is 76.7 Å². The van der Waals surface area contributed by atoms with Crippen molar-refractivity contribution in [3.63, 3.8) is 0 Å². The quantitative estimate of drug-likeness (QED) is 0.180. The normalized spacial score (nSPS) is 24.7. The molecule has 0 bridgehead atoms. The number of carbonyl (C=O) groups is 4. The van der Waals surface area contributed by atoms with Crippen LogP contribution in [0.5, 0.6) is 11.5 Å². The van der Waals surface area contributed by atoms with E-state index in [0.29, 0.717) is 52.1 Å². The third-order valence-corrected chi connectivity index (χ3v) is 13.2. The van der Waals surface area contributed by atoms with Gasteiger partial charge in [0.05, 0.1) is 23.0 Å². The first kappa shape index (κ1) is 42.8. The van der Waals surface area contributed by atoms with Gasteiger partial charge in [0.1, 0.15) is 47.3 Å². The van der Waals surface area contributed by atoms with E-state index in [1.54, 1.807) is 54.9 Å². The van der Waals surface area contributed by atoms with Gasteiger partial charge in [0.15, 0.2) is 0 Å². The number of ether oxygens (including phenoxy) is 2. The summed E-state index contributed by atoms with van der Waals surface area (Å²) in [6, 6.07) is 14.0. The average Bonchev–Trinajstić information content (AvgIpc) is 3.20. The van der Waals surface area contributed by atoms with Gasteiger partial charge in [0, 0.05) is 79.5 Å². The minimum absolute atomic E-state index is 0.0997. The van der Waals surface area contributed by atoms with Crippen molar-refractivity contribution in [2.24, 2.45) is 16.7 Å². The molecular formula is C45H55ClN8O6. The summed E-state index contributed by atoms with van der Waals surface area (Å²) in [4.78, 5) is 63.6. The Kier molecular flexibility index (Phi) is 12.4. The van der Waals surface area contributed by atoms with Gasteiger partial charge < -0.3 is 25.0 Å². The number of anilines is 1. The van der Waals surface area contributed by atoms with Gasteiger partial charge in [-0.15, -0.1) is 0 Å². The molecule has 1 aromatic heterocycles. The van der Waals surface area contributed by atoms with Gasteiger partial charge in [0.25, 0.3) is 11.8 Å². The topological polar surface area (TPSA) is 179 Å². The second-order valence-electron chi connectivity index (χ2n) is 18.1. The van der Waals surface area contributed by atoms with Crippen LogP contribution < -0.4 is 30.3 Å². The molecule has 2 aromatic carbocycles. The predicted octanol–water partition coefficient (Wildman–Crippen LogP) is 5.69. The predicted molar refractivity (Wildman–Crippen MR) is 226 cm³/mol. The summed E-state index contributed by atoms with van der Waals surface area (Å²) in [5, 5.41) is 17.7. The Morgan fingerprint density at radius 2 is 1.63 bits per heavy atom.